The van der Waals surface area contributed by atoms with Crippen LogP contribution in [0.3, 0.4) is 0 Å². The summed E-state index contributed by atoms with van der Waals surface area (Å²) in [5.74, 6) is 0.590. The van der Waals surface area contributed by atoms with Gasteiger partial charge in [-0.1, -0.05) is 19.1 Å². The van der Waals surface area contributed by atoms with Crippen molar-refractivity contribution in [3.63, 3.8) is 0 Å². The number of rotatable bonds is 7. The molecule has 1 aromatic carbocycles. The van der Waals surface area contributed by atoms with Crippen molar-refractivity contribution >= 4 is 5.97 Å². The molecule has 1 aromatic rings. The molecule has 21 heavy (non-hydrogen) atoms. The van der Waals surface area contributed by atoms with E-state index in [0.717, 1.165) is 6.42 Å². The molecule has 5 heteroatoms. The Bertz CT molecular complexity index is 491. The van der Waals surface area contributed by atoms with Crippen LogP contribution in [-0.4, -0.2) is 35.9 Å². The SMILES string of the molecule is CCNC1(C(=O)O)CCC(Oc2ccccc2OCC)C1. The van der Waals surface area contributed by atoms with Crippen molar-refractivity contribution in [2.24, 2.45) is 0 Å². The van der Waals surface area contributed by atoms with E-state index >= 15 is 0 Å². The number of para-hydroxylation sites is 2. The van der Waals surface area contributed by atoms with Crippen molar-refractivity contribution in [2.45, 2.75) is 44.8 Å². The van der Waals surface area contributed by atoms with Crippen LogP contribution in [-0.2, 0) is 4.79 Å². The molecule has 2 N–H and O–H groups in total. The maximum absolute atomic E-state index is 11.5. The third kappa shape index (κ3) is 3.47. The average Bonchev–Trinajstić information content (AvgIpc) is 2.86. The highest BCUT2D eigenvalue weighted by atomic mass is 16.5. The van der Waals surface area contributed by atoms with Gasteiger partial charge in [0.15, 0.2) is 11.5 Å². The summed E-state index contributed by atoms with van der Waals surface area (Å²) in [7, 11) is 0. The molecular weight excluding hydrogens is 270 g/mol. The Kier molecular flexibility index (Phi) is 5.07. The fraction of sp³-hybridized carbons (Fsp3) is 0.562. The van der Waals surface area contributed by atoms with Gasteiger partial charge in [-0.15, -0.1) is 0 Å². The molecule has 2 rings (SSSR count). The van der Waals surface area contributed by atoms with E-state index < -0.39 is 11.5 Å². The van der Waals surface area contributed by atoms with Crippen LogP contribution in [0.15, 0.2) is 24.3 Å². The monoisotopic (exact) mass is 293 g/mol. The summed E-state index contributed by atoms with van der Waals surface area (Å²) >= 11 is 0. The second-order valence-corrected chi connectivity index (χ2v) is 5.28. The Labute approximate surface area is 125 Å². The molecule has 1 fully saturated rings. The number of benzene rings is 1. The second-order valence-electron chi connectivity index (χ2n) is 5.28. The van der Waals surface area contributed by atoms with Crippen LogP contribution in [0.4, 0.5) is 0 Å². The Morgan fingerprint density at radius 2 is 2.10 bits per heavy atom. The summed E-state index contributed by atoms with van der Waals surface area (Å²) in [4.78, 5) is 11.5. The summed E-state index contributed by atoms with van der Waals surface area (Å²) in [6.07, 6.45) is 1.66. The number of likely N-dealkylation sites (N-methyl/N-ethyl adjacent to an activating group) is 1. The van der Waals surface area contributed by atoms with Gasteiger partial charge in [0.2, 0.25) is 0 Å². The third-order valence-corrected chi connectivity index (χ3v) is 3.84. The highest BCUT2D eigenvalue weighted by Gasteiger charge is 2.46. The minimum atomic E-state index is -0.861. The first-order valence-corrected chi connectivity index (χ1v) is 7.48. The van der Waals surface area contributed by atoms with Gasteiger partial charge in [0.1, 0.15) is 11.6 Å². The number of aliphatic carboxylic acids is 1. The number of hydrogen-bond donors (Lipinski definition) is 2. The highest BCUT2D eigenvalue weighted by molar-refractivity contribution is 5.79. The molecule has 2 unspecified atom stereocenters. The van der Waals surface area contributed by atoms with Gasteiger partial charge >= 0.3 is 5.97 Å². The summed E-state index contributed by atoms with van der Waals surface area (Å²) in [6.45, 7) is 5.05. The lowest BCUT2D eigenvalue weighted by Gasteiger charge is -2.25. The predicted molar refractivity (Wildman–Crippen MR) is 79.9 cm³/mol. The van der Waals surface area contributed by atoms with Crippen LogP contribution < -0.4 is 14.8 Å². The van der Waals surface area contributed by atoms with Gasteiger partial charge in [-0.05, 0) is 38.4 Å². The number of nitrogens with one attached hydrogen (secondary N) is 1. The predicted octanol–water partition coefficient (Wildman–Crippen LogP) is 2.45. The van der Waals surface area contributed by atoms with Crippen molar-refractivity contribution in [1.82, 2.24) is 5.32 Å². The van der Waals surface area contributed by atoms with E-state index in [1.165, 1.54) is 0 Å². The van der Waals surface area contributed by atoms with E-state index in [9.17, 15) is 9.90 Å². The molecule has 0 spiro atoms. The van der Waals surface area contributed by atoms with Crippen LogP contribution >= 0.6 is 0 Å². The molecule has 1 aliphatic rings. The van der Waals surface area contributed by atoms with Crippen LogP contribution in [0.2, 0.25) is 0 Å². The van der Waals surface area contributed by atoms with E-state index in [1.54, 1.807) is 0 Å². The molecule has 0 aromatic heterocycles. The molecule has 0 heterocycles. The maximum atomic E-state index is 11.5. The van der Waals surface area contributed by atoms with Crippen molar-refractivity contribution in [3.05, 3.63) is 24.3 Å². The van der Waals surface area contributed by atoms with E-state index in [4.69, 9.17) is 9.47 Å². The van der Waals surface area contributed by atoms with Crippen molar-refractivity contribution in [1.29, 1.82) is 0 Å². The van der Waals surface area contributed by atoms with E-state index in [0.29, 0.717) is 37.5 Å². The number of carboxylic acid groups (broad SMARTS) is 1. The number of carbonyl (C=O) groups is 1. The zero-order valence-electron chi connectivity index (χ0n) is 12.6. The first-order valence-electron chi connectivity index (χ1n) is 7.48. The van der Waals surface area contributed by atoms with Gasteiger partial charge in [-0.3, -0.25) is 4.79 Å². The van der Waals surface area contributed by atoms with E-state index in [-0.39, 0.29) is 6.10 Å². The summed E-state index contributed by atoms with van der Waals surface area (Å²) < 4.78 is 11.5. The zero-order chi connectivity index (χ0) is 15.3. The van der Waals surface area contributed by atoms with Gasteiger partial charge in [-0.2, -0.15) is 0 Å². The van der Waals surface area contributed by atoms with Gasteiger partial charge in [0, 0.05) is 6.42 Å². The molecule has 0 saturated heterocycles. The first-order chi connectivity index (χ1) is 10.1. The van der Waals surface area contributed by atoms with Gasteiger partial charge < -0.3 is 19.9 Å². The maximum Gasteiger partial charge on any atom is 0.324 e. The summed E-state index contributed by atoms with van der Waals surface area (Å²) in [5.41, 5.74) is -0.861. The fourth-order valence-corrected chi connectivity index (χ4v) is 2.87. The largest absolute Gasteiger partial charge is 0.490 e. The normalized spacial score (nSPS) is 24.8. The zero-order valence-corrected chi connectivity index (χ0v) is 12.6. The third-order valence-electron chi connectivity index (χ3n) is 3.84. The standard InChI is InChI=1S/C16H23NO4/c1-3-17-16(15(18)19)10-9-12(11-16)21-14-8-6-5-7-13(14)20-4-2/h5-8,12,17H,3-4,9-11H2,1-2H3,(H,18,19). The smallest absolute Gasteiger partial charge is 0.324 e. The molecule has 1 aliphatic carbocycles. The molecule has 5 nitrogen and oxygen atoms in total. The molecular formula is C16H23NO4. The molecule has 116 valence electrons. The Hall–Kier alpha value is -1.75. The average molecular weight is 293 g/mol. The van der Waals surface area contributed by atoms with E-state index in [2.05, 4.69) is 5.32 Å². The quantitative estimate of drug-likeness (QED) is 0.808. The van der Waals surface area contributed by atoms with E-state index in [1.807, 2.05) is 38.1 Å². The minimum Gasteiger partial charge on any atom is -0.490 e. The molecule has 2 atom stereocenters. The summed E-state index contributed by atoms with van der Waals surface area (Å²) in [6, 6.07) is 7.51. The molecule has 0 bridgehead atoms. The number of carboxylic acids is 1. The van der Waals surface area contributed by atoms with Crippen LogP contribution in [0.25, 0.3) is 0 Å². The van der Waals surface area contributed by atoms with Crippen LogP contribution in [0, 0.1) is 0 Å². The van der Waals surface area contributed by atoms with Gasteiger partial charge in [0.25, 0.3) is 0 Å². The lowest BCUT2D eigenvalue weighted by molar-refractivity contribution is -0.144. The number of hydrogen-bond acceptors (Lipinski definition) is 4. The Morgan fingerprint density at radius 3 is 2.71 bits per heavy atom. The lowest BCUT2D eigenvalue weighted by Crippen LogP contribution is -2.50. The molecule has 0 amide bonds. The Morgan fingerprint density at radius 1 is 1.38 bits per heavy atom. The lowest BCUT2D eigenvalue weighted by atomic mass is 9.98. The van der Waals surface area contributed by atoms with Crippen molar-refractivity contribution in [2.75, 3.05) is 13.2 Å². The topological polar surface area (TPSA) is 67.8 Å². The minimum absolute atomic E-state index is 0.109. The molecule has 0 radical (unpaired) electrons. The highest BCUT2D eigenvalue weighted by Crippen LogP contribution is 2.36. The molecule has 0 aliphatic heterocycles. The van der Waals surface area contributed by atoms with Gasteiger partial charge in [-0.25, -0.2) is 0 Å². The van der Waals surface area contributed by atoms with Crippen molar-refractivity contribution in [3.8, 4) is 11.5 Å². The first kappa shape index (κ1) is 15.6. The van der Waals surface area contributed by atoms with Crippen LogP contribution in [0.5, 0.6) is 11.5 Å². The van der Waals surface area contributed by atoms with Gasteiger partial charge in [0.05, 0.1) is 6.61 Å². The fourth-order valence-electron chi connectivity index (χ4n) is 2.87. The summed E-state index contributed by atoms with van der Waals surface area (Å²) in [5, 5.41) is 12.6. The Balaban J connectivity index is 2.07. The molecule has 1 saturated carbocycles. The number of ether oxygens (including phenoxy) is 2. The van der Waals surface area contributed by atoms with Crippen LogP contribution in [0.1, 0.15) is 33.1 Å². The second kappa shape index (κ2) is 6.80. The van der Waals surface area contributed by atoms with Crippen molar-refractivity contribution < 1.29 is 19.4 Å².